The molecule has 0 atom stereocenters. The molecule has 0 saturated heterocycles. The molecule has 1 N–H and O–H groups in total. The molecule has 0 unspecified atom stereocenters. The average Bonchev–Trinajstić information content (AvgIpc) is 2.96. The molecule has 2 rings (SSSR count). The summed E-state index contributed by atoms with van der Waals surface area (Å²) in [6, 6.07) is 3.45. The van der Waals surface area contributed by atoms with Crippen molar-refractivity contribution in [3.05, 3.63) is 22.7 Å². The van der Waals surface area contributed by atoms with Crippen molar-refractivity contribution in [1.82, 2.24) is 0 Å². The Morgan fingerprint density at radius 1 is 1.27 bits per heavy atom. The van der Waals surface area contributed by atoms with Crippen LogP contribution in [0.3, 0.4) is 0 Å². The first-order chi connectivity index (χ1) is 7.10. The standard InChI is InChI=1S/C11H13ClO3/c1-14-7-5-8(11(13)3-4-11)10(15-2)9(12)6-7/h5-6,13H,3-4H2,1-2H3. The van der Waals surface area contributed by atoms with Gasteiger partial charge in [-0.15, -0.1) is 0 Å². The molecule has 0 bridgehead atoms. The first kappa shape index (κ1) is 10.6. The molecule has 1 saturated carbocycles. The highest BCUT2D eigenvalue weighted by molar-refractivity contribution is 6.32. The van der Waals surface area contributed by atoms with Gasteiger partial charge in [0.15, 0.2) is 0 Å². The van der Waals surface area contributed by atoms with Crippen LogP contribution in [0.25, 0.3) is 0 Å². The van der Waals surface area contributed by atoms with Gasteiger partial charge in [-0.25, -0.2) is 0 Å². The topological polar surface area (TPSA) is 38.7 Å². The maximum absolute atomic E-state index is 10.1. The van der Waals surface area contributed by atoms with Gasteiger partial charge < -0.3 is 14.6 Å². The van der Waals surface area contributed by atoms with Crippen molar-refractivity contribution in [2.45, 2.75) is 18.4 Å². The summed E-state index contributed by atoms with van der Waals surface area (Å²) in [4.78, 5) is 0. The second-order valence-corrected chi connectivity index (χ2v) is 4.13. The second kappa shape index (κ2) is 3.58. The van der Waals surface area contributed by atoms with Crippen LogP contribution >= 0.6 is 11.6 Å². The summed E-state index contributed by atoms with van der Waals surface area (Å²) in [6.07, 6.45) is 1.49. The Hall–Kier alpha value is -0.930. The zero-order valence-corrected chi connectivity index (χ0v) is 9.47. The second-order valence-electron chi connectivity index (χ2n) is 3.72. The Morgan fingerprint density at radius 3 is 2.40 bits per heavy atom. The number of aliphatic hydroxyl groups is 1. The predicted molar refractivity (Wildman–Crippen MR) is 57.7 cm³/mol. The van der Waals surface area contributed by atoms with Gasteiger partial charge in [-0.1, -0.05) is 11.6 Å². The minimum absolute atomic E-state index is 0.465. The molecular weight excluding hydrogens is 216 g/mol. The van der Waals surface area contributed by atoms with Crippen molar-refractivity contribution in [3.8, 4) is 11.5 Å². The molecule has 0 heterocycles. The third-order valence-electron chi connectivity index (χ3n) is 2.68. The highest BCUT2D eigenvalue weighted by Crippen LogP contribution is 2.51. The Labute approximate surface area is 93.6 Å². The van der Waals surface area contributed by atoms with E-state index in [0.717, 1.165) is 12.8 Å². The number of methoxy groups -OCH3 is 2. The minimum Gasteiger partial charge on any atom is -0.497 e. The van der Waals surface area contributed by atoms with Crippen molar-refractivity contribution in [2.75, 3.05) is 14.2 Å². The molecule has 82 valence electrons. The number of hydrogen-bond acceptors (Lipinski definition) is 3. The summed E-state index contributed by atoms with van der Waals surface area (Å²) in [5.41, 5.74) is -0.0573. The summed E-state index contributed by atoms with van der Waals surface area (Å²) in [6.45, 7) is 0. The van der Waals surface area contributed by atoms with Crippen LogP contribution in [0.4, 0.5) is 0 Å². The Kier molecular flexibility index (Phi) is 2.52. The van der Waals surface area contributed by atoms with Gasteiger partial charge in [0.05, 0.1) is 24.8 Å². The molecule has 0 spiro atoms. The fourth-order valence-electron chi connectivity index (χ4n) is 1.63. The lowest BCUT2D eigenvalue weighted by Gasteiger charge is -2.16. The summed E-state index contributed by atoms with van der Waals surface area (Å²) >= 11 is 6.03. The third-order valence-corrected chi connectivity index (χ3v) is 2.96. The SMILES string of the molecule is COc1cc(Cl)c(OC)c(C2(O)CC2)c1. The molecule has 15 heavy (non-hydrogen) atoms. The lowest BCUT2D eigenvalue weighted by atomic mass is 10.1. The van der Waals surface area contributed by atoms with Gasteiger partial charge in [0.2, 0.25) is 0 Å². The van der Waals surface area contributed by atoms with E-state index < -0.39 is 5.60 Å². The fraction of sp³-hybridized carbons (Fsp3) is 0.455. The predicted octanol–water partition coefficient (Wildman–Crippen LogP) is 2.34. The molecule has 1 aromatic carbocycles. The van der Waals surface area contributed by atoms with E-state index in [1.165, 1.54) is 0 Å². The molecule has 0 aliphatic heterocycles. The average molecular weight is 229 g/mol. The van der Waals surface area contributed by atoms with Gasteiger partial charge in [0.1, 0.15) is 11.5 Å². The lowest BCUT2D eigenvalue weighted by molar-refractivity contribution is 0.147. The van der Waals surface area contributed by atoms with Gasteiger partial charge >= 0.3 is 0 Å². The number of rotatable bonds is 3. The van der Waals surface area contributed by atoms with Gasteiger partial charge in [-0.3, -0.25) is 0 Å². The number of ether oxygens (including phenoxy) is 2. The van der Waals surface area contributed by atoms with Crippen molar-refractivity contribution >= 4 is 11.6 Å². The van der Waals surface area contributed by atoms with E-state index in [0.29, 0.717) is 22.1 Å². The number of benzene rings is 1. The van der Waals surface area contributed by atoms with Crippen molar-refractivity contribution in [2.24, 2.45) is 0 Å². The monoisotopic (exact) mass is 228 g/mol. The molecule has 3 nitrogen and oxygen atoms in total. The fourth-order valence-corrected chi connectivity index (χ4v) is 1.91. The van der Waals surface area contributed by atoms with E-state index >= 15 is 0 Å². The van der Waals surface area contributed by atoms with E-state index in [1.807, 2.05) is 0 Å². The Bertz CT molecular complexity index is 386. The van der Waals surface area contributed by atoms with Gasteiger partial charge in [-0.05, 0) is 18.9 Å². The van der Waals surface area contributed by atoms with E-state index in [2.05, 4.69) is 0 Å². The zero-order valence-electron chi connectivity index (χ0n) is 8.71. The summed E-state index contributed by atoms with van der Waals surface area (Å²) in [5.74, 6) is 1.17. The largest absolute Gasteiger partial charge is 0.497 e. The number of halogens is 1. The summed E-state index contributed by atoms with van der Waals surface area (Å²) < 4.78 is 10.3. The van der Waals surface area contributed by atoms with Gasteiger partial charge in [0.25, 0.3) is 0 Å². The first-order valence-electron chi connectivity index (χ1n) is 4.75. The van der Waals surface area contributed by atoms with Crippen molar-refractivity contribution in [1.29, 1.82) is 0 Å². The normalized spacial score (nSPS) is 17.3. The molecule has 4 heteroatoms. The van der Waals surface area contributed by atoms with Crippen LogP contribution < -0.4 is 9.47 Å². The van der Waals surface area contributed by atoms with Crippen molar-refractivity contribution < 1.29 is 14.6 Å². The van der Waals surface area contributed by atoms with Crippen LogP contribution in [0.5, 0.6) is 11.5 Å². The molecule has 1 aromatic rings. The smallest absolute Gasteiger partial charge is 0.143 e. The zero-order chi connectivity index (χ0) is 11.1. The molecule has 0 radical (unpaired) electrons. The van der Waals surface area contributed by atoms with E-state index in [1.54, 1.807) is 26.4 Å². The molecule has 0 aromatic heterocycles. The van der Waals surface area contributed by atoms with E-state index in [4.69, 9.17) is 21.1 Å². The van der Waals surface area contributed by atoms with Crippen LogP contribution in [0.15, 0.2) is 12.1 Å². The van der Waals surface area contributed by atoms with Crippen LogP contribution in [-0.4, -0.2) is 19.3 Å². The summed E-state index contributed by atoms with van der Waals surface area (Å²) in [7, 11) is 3.11. The maximum Gasteiger partial charge on any atom is 0.143 e. The van der Waals surface area contributed by atoms with Gasteiger partial charge in [-0.2, -0.15) is 0 Å². The number of hydrogen-bond donors (Lipinski definition) is 1. The van der Waals surface area contributed by atoms with Crippen LogP contribution in [0.2, 0.25) is 5.02 Å². The third kappa shape index (κ3) is 1.77. The van der Waals surface area contributed by atoms with Crippen molar-refractivity contribution in [3.63, 3.8) is 0 Å². The van der Waals surface area contributed by atoms with Crippen LogP contribution in [0, 0.1) is 0 Å². The summed E-state index contributed by atoms with van der Waals surface area (Å²) in [5, 5.41) is 10.5. The minimum atomic E-state index is -0.774. The maximum atomic E-state index is 10.1. The molecular formula is C11H13ClO3. The highest BCUT2D eigenvalue weighted by atomic mass is 35.5. The first-order valence-corrected chi connectivity index (χ1v) is 5.13. The Morgan fingerprint density at radius 2 is 1.93 bits per heavy atom. The molecule has 1 aliphatic rings. The molecule has 0 amide bonds. The van der Waals surface area contributed by atoms with Crippen LogP contribution in [0.1, 0.15) is 18.4 Å². The Balaban J connectivity index is 2.53. The van der Waals surface area contributed by atoms with Crippen LogP contribution in [-0.2, 0) is 5.60 Å². The quantitative estimate of drug-likeness (QED) is 0.863. The molecule has 1 fully saturated rings. The van der Waals surface area contributed by atoms with Gasteiger partial charge in [0, 0.05) is 11.6 Å². The lowest BCUT2D eigenvalue weighted by Crippen LogP contribution is -2.07. The van der Waals surface area contributed by atoms with E-state index in [9.17, 15) is 5.11 Å². The van der Waals surface area contributed by atoms with E-state index in [-0.39, 0.29) is 0 Å². The highest BCUT2D eigenvalue weighted by Gasteiger charge is 2.45. The molecule has 1 aliphatic carbocycles.